The molecule has 1 aliphatic heterocycles. The molecule has 1 atom stereocenters. The fourth-order valence-electron chi connectivity index (χ4n) is 2.38. The second-order valence-electron chi connectivity index (χ2n) is 4.58. The lowest BCUT2D eigenvalue weighted by atomic mass is 9.95. The van der Waals surface area contributed by atoms with Crippen LogP contribution in [0.15, 0.2) is 6.20 Å². The van der Waals surface area contributed by atoms with Crippen LogP contribution in [0.25, 0.3) is 0 Å². The monoisotopic (exact) mass is 254 g/mol. The number of anilines is 2. The van der Waals surface area contributed by atoms with Gasteiger partial charge in [0.25, 0.3) is 0 Å². The van der Waals surface area contributed by atoms with Crippen molar-refractivity contribution in [2.45, 2.75) is 19.3 Å². The van der Waals surface area contributed by atoms with Gasteiger partial charge < -0.3 is 15.3 Å². The van der Waals surface area contributed by atoms with E-state index >= 15 is 0 Å². The molecule has 0 saturated carbocycles. The molecule has 18 heavy (non-hydrogen) atoms. The minimum Gasteiger partial charge on any atom is -0.396 e. The first-order valence-corrected chi connectivity index (χ1v) is 6.30. The van der Waals surface area contributed by atoms with E-state index in [-0.39, 0.29) is 6.61 Å². The summed E-state index contributed by atoms with van der Waals surface area (Å²) < 4.78 is 13.8. The normalized spacial score (nSPS) is 19.9. The number of piperidine rings is 1. The number of halogens is 1. The molecule has 0 aliphatic carbocycles. The van der Waals surface area contributed by atoms with Gasteiger partial charge in [-0.2, -0.15) is 4.98 Å². The number of nitrogens with one attached hydrogen (secondary N) is 1. The van der Waals surface area contributed by atoms with Gasteiger partial charge in [-0.25, -0.2) is 9.37 Å². The summed E-state index contributed by atoms with van der Waals surface area (Å²) in [6.07, 6.45) is 4.05. The van der Waals surface area contributed by atoms with Crippen molar-refractivity contribution >= 4 is 11.8 Å². The lowest BCUT2D eigenvalue weighted by Crippen LogP contribution is -2.37. The molecule has 0 radical (unpaired) electrons. The Kier molecular flexibility index (Phi) is 4.30. The standard InChI is InChI=1S/C12H19FN4O/c1-14-12-15-7-10(13)11(16-12)17-5-2-3-9(8-17)4-6-18/h7,9,18H,2-6,8H2,1H3,(H,14,15,16). The topological polar surface area (TPSA) is 61.3 Å². The van der Waals surface area contributed by atoms with Crippen LogP contribution in [-0.4, -0.2) is 41.8 Å². The molecule has 5 nitrogen and oxygen atoms in total. The summed E-state index contributed by atoms with van der Waals surface area (Å²) in [7, 11) is 1.71. The molecule has 2 N–H and O–H groups in total. The van der Waals surface area contributed by atoms with Gasteiger partial charge in [-0.1, -0.05) is 0 Å². The van der Waals surface area contributed by atoms with Gasteiger partial charge in [0.15, 0.2) is 11.6 Å². The van der Waals surface area contributed by atoms with Crippen molar-refractivity contribution in [3.05, 3.63) is 12.0 Å². The number of rotatable bonds is 4. The number of aliphatic hydroxyl groups is 1. The average molecular weight is 254 g/mol. The van der Waals surface area contributed by atoms with E-state index in [4.69, 9.17) is 5.11 Å². The van der Waals surface area contributed by atoms with Crippen molar-refractivity contribution in [1.29, 1.82) is 0 Å². The molecular formula is C12H19FN4O. The zero-order valence-electron chi connectivity index (χ0n) is 10.6. The van der Waals surface area contributed by atoms with Gasteiger partial charge >= 0.3 is 0 Å². The van der Waals surface area contributed by atoms with Crippen molar-refractivity contribution < 1.29 is 9.50 Å². The lowest BCUT2D eigenvalue weighted by molar-refractivity contribution is 0.244. The summed E-state index contributed by atoms with van der Waals surface area (Å²) in [5.41, 5.74) is 0. The highest BCUT2D eigenvalue weighted by Gasteiger charge is 2.23. The first-order chi connectivity index (χ1) is 8.74. The Hall–Kier alpha value is -1.43. The van der Waals surface area contributed by atoms with Crippen LogP contribution in [0, 0.1) is 11.7 Å². The minimum absolute atomic E-state index is 0.187. The van der Waals surface area contributed by atoms with Crippen LogP contribution < -0.4 is 10.2 Å². The second kappa shape index (κ2) is 5.95. The summed E-state index contributed by atoms with van der Waals surface area (Å²) in [5.74, 6) is 0.808. The van der Waals surface area contributed by atoms with Crippen LogP contribution in [0.3, 0.4) is 0 Å². The SMILES string of the molecule is CNc1ncc(F)c(N2CCCC(CCO)C2)n1. The maximum atomic E-state index is 13.8. The molecule has 2 rings (SSSR count). The Labute approximate surface area is 106 Å². The van der Waals surface area contributed by atoms with Crippen molar-refractivity contribution in [1.82, 2.24) is 9.97 Å². The van der Waals surface area contributed by atoms with E-state index in [1.165, 1.54) is 6.20 Å². The molecule has 1 fully saturated rings. The van der Waals surface area contributed by atoms with Crippen molar-refractivity contribution in [3.63, 3.8) is 0 Å². The summed E-state index contributed by atoms with van der Waals surface area (Å²) in [4.78, 5) is 9.97. The van der Waals surface area contributed by atoms with Gasteiger partial charge in [-0.3, -0.25) is 0 Å². The van der Waals surface area contributed by atoms with E-state index in [2.05, 4.69) is 15.3 Å². The summed E-state index contributed by atoms with van der Waals surface area (Å²) in [6.45, 7) is 1.74. The van der Waals surface area contributed by atoms with E-state index in [1.807, 2.05) is 4.90 Å². The number of hydrogen-bond acceptors (Lipinski definition) is 5. The van der Waals surface area contributed by atoms with Gasteiger partial charge in [-0.15, -0.1) is 0 Å². The number of aromatic nitrogens is 2. The molecule has 0 amide bonds. The quantitative estimate of drug-likeness (QED) is 0.847. The Morgan fingerprint density at radius 2 is 2.44 bits per heavy atom. The van der Waals surface area contributed by atoms with Crippen LogP contribution >= 0.6 is 0 Å². The second-order valence-corrected chi connectivity index (χ2v) is 4.58. The first-order valence-electron chi connectivity index (χ1n) is 6.30. The third-order valence-corrected chi connectivity index (χ3v) is 3.31. The molecular weight excluding hydrogens is 235 g/mol. The Morgan fingerprint density at radius 3 is 3.17 bits per heavy atom. The fraction of sp³-hybridized carbons (Fsp3) is 0.667. The maximum Gasteiger partial charge on any atom is 0.224 e. The van der Waals surface area contributed by atoms with Gasteiger partial charge in [0, 0.05) is 26.7 Å². The molecule has 1 aliphatic rings. The molecule has 1 aromatic heterocycles. The van der Waals surface area contributed by atoms with Crippen LogP contribution in [0.2, 0.25) is 0 Å². The zero-order valence-corrected chi connectivity index (χ0v) is 10.6. The van der Waals surface area contributed by atoms with Gasteiger partial charge in [-0.05, 0) is 25.2 Å². The molecule has 1 aromatic rings. The molecule has 1 unspecified atom stereocenters. The van der Waals surface area contributed by atoms with Crippen molar-refractivity contribution in [2.24, 2.45) is 5.92 Å². The molecule has 1 saturated heterocycles. The van der Waals surface area contributed by atoms with Crippen LogP contribution in [0.5, 0.6) is 0 Å². The van der Waals surface area contributed by atoms with Gasteiger partial charge in [0.05, 0.1) is 6.20 Å². The molecule has 0 bridgehead atoms. The smallest absolute Gasteiger partial charge is 0.224 e. The molecule has 6 heteroatoms. The largest absolute Gasteiger partial charge is 0.396 e. The molecule has 0 aromatic carbocycles. The average Bonchev–Trinajstić information content (AvgIpc) is 2.40. The van der Waals surface area contributed by atoms with Crippen molar-refractivity contribution in [3.8, 4) is 0 Å². The number of hydrogen-bond donors (Lipinski definition) is 2. The van der Waals surface area contributed by atoms with E-state index in [1.54, 1.807) is 7.05 Å². The highest BCUT2D eigenvalue weighted by atomic mass is 19.1. The first kappa shape index (κ1) is 13.0. The Balaban J connectivity index is 2.14. The predicted octanol–water partition coefficient (Wildman–Crippen LogP) is 1.26. The number of aliphatic hydroxyl groups excluding tert-OH is 1. The van der Waals surface area contributed by atoms with Gasteiger partial charge in [0.1, 0.15) is 0 Å². The maximum absolute atomic E-state index is 13.8. The predicted molar refractivity (Wildman–Crippen MR) is 68.2 cm³/mol. The summed E-state index contributed by atoms with van der Waals surface area (Å²) >= 11 is 0. The number of nitrogens with zero attached hydrogens (tertiary/aromatic N) is 3. The molecule has 0 spiro atoms. The third-order valence-electron chi connectivity index (χ3n) is 3.31. The van der Waals surface area contributed by atoms with Crippen molar-refractivity contribution in [2.75, 3.05) is 37.0 Å². The van der Waals surface area contributed by atoms with Crippen LogP contribution in [0.4, 0.5) is 16.2 Å². The highest BCUT2D eigenvalue weighted by molar-refractivity contribution is 5.44. The van der Waals surface area contributed by atoms with E-state index in [9.17, 15) is 4.39 Å². The molecule has 2 heterocycles. The van der Waals surface area contributed by atoms with Gasteiger partial charge in [0.2, 0.25) is 5.95 Å². The lowest BCUT2D eigenvalue weighted by Gasteiger charge is -2.33. The summed E-state index contributed by atoms with van der Waals surface area (Å²) in [6, 6.07) is 0. The fourth-order valence-corrected chi connectivity index (χ4v) is 2.38. The highest BCUT2D eigenvalue weighted by Crippen LogP contribution is 2.25. The zero-order chi connectivity index (χ0) is 13.0. The van der Waals surface area contributed by atoms with E-state index < -0.39 is 5.82 Å². The van der Waals surface area contributed by atoms with E-state index in [0.29, 0.717) is 17.7 Å². The van der Waals surface area contributed by atoms with E-state index in [0.717, 1.165) is 32.4 Å². The third kappa shape index (κ3) is 2.87. The van der Waals surface area contributed by atoms with Crippen LogP contribution in [-0.2, 0) is 0 Å². The van der Waals surface area contributed by atoms with Crippen LogP contribution in [0.1, 0.15) is 19.3 Å². The summed E-state index contributed by atoms with van der Waals surface area (Å²) in [5, 5.41) is 11.8. The minimum atomic E-state index is -0.390. The molecule has 100 valence electrons. The Bertz CT molecular complexity index is 400. The Morgan fingerprint density at radius 1 is 1.61 bits per heavy atom.